The van der Waals surface area contributed by atoms with E-state index in [1.807, 2.05) is 0 Å². The summed E-state index contributed by atoms with van der Waals surface area (Å²) in [5, 5.41) is 3.45. The fourth-order valence-electron chi connectivity index (χ4n) is 2.08. The maximum atomic E-state index is 5.42. The van der Waals surface area contributed by atoms with Crippen LogP contribution in [0.1, 0.15) is 38.3 Å². The van der Waals surface area contributed by atoms with E-state index in [-0.39, 0.29) is 0 Å². The lowest BCUT2D eigenvalue weighted by Gasteiger charge is -2.19. The first-order valence-corrected chi connectivity index (χ1v) is 7.12. The third-order valence-electron chi connectivity index (χ3n) is 2.97. The largest absolute Gasteiger partial charge is 0.310 e. The monoisotopic (exact) mass is 258 g/mol. The van der Waals surface area contributed by atoms with Crippen LogP contribution < -0.4 is 5.32 Å². The molecule has 0 aliphatic carbocycles. The van der Waals surface area contributed by atoms with E-state index < -0.39 is 0 Å². The predicted molar refractivity (Wildman–Crippen MR) is 82.8 cm³/mol. The van der Waals surface area contributed by atoms with E-state index in [0.29, 0.717) is 6.04 Å². The standard InChI is InChI=1S/C17H26N2/c1-5-10-19(11-6-2)14-17-9-7-8-16(12-17)13-18-15(3)4/h1,7-9,12,15,18H,6,10-11,13-14H2,2-4H3. The predicted octanol–water partition coefficient (Wildman–Crippen LogP) is 3.03. The molecule has 0 heterocycles. The smallest absolute Gasteiger partial charge is 0.0601 e. The molecule has 104 valence electrons. The van der Waals surface area contributed by atoms with Gasteiger partial charge in [-0.05, 0) is 24.1 Å². The van der Waals surface area contributed by atoms with Gasteiger partial charge in [-0.2, -0.15) is 0 Å². The van der Waals surface area contributed by atoms with Crippen molar-refractivity contribution in [2.24, 2.45) is 0 Å². The van der Waals surface area contributed by atoms with Crippen molar-refractivity contribution in [3.8, 4) is 12.3 Å². The zero-order chi connectivity index (χ0) is 14.1. The molecule has 0 aliphatic rings. The lowest BCUT2D eigenvalue weighted by molar-refractivity contribution is 0.299. The van der Waals surface area contributed by atoms with Crippen LogP contribution in [0.4, 0.5) is 0 Å². The molecule has 0 spiro atoms. The molecule has 0 saturated carbocycles. The molecular formula is C17H26N2. The highest BCUT2D eigenvalue weighted by Gasteiger charge is 2.04. The van der Waals surface area contributed by atoms with E-state index in [9.17, 15) is 0 Å². The number of benzene rings is 1. The summed E-state index contributed by atoms with van der Waals surface area (Å²) in [6.45, 7) is 10.2. The molecule has 19 heavy (non-hydrogen) atoms. The van der Waals surface area contributed by atoms with E-state index in [0.717, 1.165) is 32.6 Å². The molecule has 2 heteroatoms. The average Bonchev–Trinajstić information content (AvgIpc) is 2.37. The molecule has 0 aromatic heterocycles. The third kappa shape index (κ3) is 6.42. The first-order chi connectivity index (χ1) is 9.15. The quantitative estimate of drug-likeness (QED) is 0.721. The van der Waals surface area contributed by atoms with E-state index >= 15 is 0 Å². The Bertz CT molecular complexity index is 404. The van der Waals surface area contributed by atoms with Gasteiger partial charge < -0.3 is 5.32 Å². The van der Waals surface area contributed by atoms with Gasteiger partial charge in [0.15, 0.2) is 0 Å². The zero-order valence-corrected chi connectivity index (χ0v) is 12.4. The molecule has 0 atom stereocenters. The Balaban J connectivity index is 2.62. The molecular weight excluding hydrogens is 232 g/mol. The van der Waals surface area contributed by atoms with Crippen molar-refractivity contribution in [3.05, 3.63) is 35.4 Å². The van der Waals surface area contributed by atoms with Crippen LogP contribution in [0.25, 0.3) is 0 Å². The van der Waals surface area contributed by atoms with Crippen LogP contribution in [0.2, 0.25) is 0 Å². The summed E-state index contributed by atoms with van der Waals surface area (Å²) < 4.78 is 0. The molecule has 0 fully saturated rings. The summed E-state index contributed by atoms with van der Waals surface area (Å²) in [6, 6.07) is 9.27. The lowest BCUT2D eigenvalue weighted by Crippen LogP contribution is -2.25. The summed E-state index contributed by atoms with van der Waals surface area (Å²) in [7, 11) is 0. The highest BCUT2D eigenvalue weighted by atomic mass is 15.1. The normalized spacial score (nSPS) is 10.9. The van der Waals surface area contributed by atoms with Crippen molar-refractivity contribution in [2.75, 3.05) is 13.1 Å². The highest BCUT2D eigenvalue weighted by Crippen LogP contribution is 2.09. The third-order valence-corrected chi connectivity index (χ3v) is 2.97. The van der Waals surface area contributed by atoms with Gasteiger partial charge in [-0.25, -0.2) is 0 Å². The van der Waals surface area contributed by atoms with Gasteiger partial charge in [0.1, 0.15) is 0 Å². The second-order valence-electron chi connectivity index (χ2n) is 5.27. The van der Waals surface area contributed by atoms with Crippen molar-refractivity contribution >= 4 is 0 Å². The van der Waals surface area contributed by atoms with Gasteiger partial charge in [0.05, 0.1) is 6.54 Å². The number of rotatable bonds is 8. The first-order valence-electron chi connectivity index (χ1n) is 7.12. The minimum Gasteiger partial charge on any atom is -0.310 e. The van der Waals surface area contributed by atoms with Crippen molar-refractivity contribution in [1.82, 2.24) is 10.2 Å². The fraction of sp³-hybridized carbons (Fsp3) is 0.529. The molecule has 0 aliphatic heterocycles. The van der Waals surface area contributed by atoms with Crippen LogP contribution in [-0.4, -0.2) is 24.0 Å². The van der Waals surface area contributed by atoms with Gasteiger partial charge in [0.2, 0.25) is 0 Å². The van der Waals surface area contributed by atoms with Crippen molar-refractivity contribution in [1.29, 1.82) is 0 Å². The summed E-state index contributed by atoms with van der Waals surface area (Å²) in [6.07, 6.45) is 6.56. The number of terminal acetylenes is 1. The van der Waals surface area contributed by atoms with Gasteiger partial charge in [-0.1, -0.05) is 51.0 Å². The fourth-order valence-corrected chi connectivity index (χ4v) is 2.08. The Labute approximate surface area is 118 Å². The van der Waals surface area contributed by atoms with Crippen LogP contribution in [0, 0.1) is 12.3 Å². The number of nitrogens with zero attached hydrogens (tertiary/aromatic N) is 1. The topological polar surface area (TPSA) is 15.3 Å². The van der Waals surface area contributed by atoms with Crippen LogP contribution in [0.3, 0.4) is 0 Å². The Morgan fingerprint density at radius 1 is 1.32 bits per heavy atom. The molecule has 1 rings (SSSR count). The average molecular weight is 258 g/mol. The van der Waals surface area contributed by atoms with Crippen LogP contribution in [0.5, 0.6) is 0 Å². The molecule has 0 unspecified atom stereocenters. The Morgan fingerprint density at radius 2 is 2.05 bits per heavy atom. The molecule has 0 amide bonds. The molecule has 1 aromatic rings. The van der Waals surface area contributed by atoms with Gasteiger partial charge >= 0.3 is 0 Å². The first kappa shape index (κ1) is 15.8. The van der Waals surface area contributed by atoms with Crippen molar-refractivity contribution < 1.29 is 0 Å². The van der Waals surface area contributed by atoms with Crippen LogP contribution >= 0.6 is 0 Å². The summed E-state index contributed by atoms with van der Waals surface area (Å²) in [5.74, 6) is 2.74. The second-order valence-corrected chi connectivity index (χ2v) is 5.27. The van der Waals surface area contributed by atoms with E-state index in [2.05, 4.69) is 61.2 Å². The molecule has 2 nitrogen and oxygen atoms in total. The summed E-state index contributed by atoms with van der Waals surface area (Å²) in [5.41, 5.74) is 2.68. The second kappa shape index (κ2) is 8.74. The molecule has 0 bridgehead atoms. The highest BCUT2D eigenvalue weighted by molar-refractivity contribution is 5.23. The van der Waals surface area contributed by atoms with E-state index in [4.69, 9.17) is 6.42 Å². The molecule has 0 radical (unpaired) electrons. The van der Waals surface area contributed by atoms with Crippen molar-refractivity contribution in [3.63, 3.8) is 0 Å². The van der Waals surface area contributed by atoms with Crippen molar-refractivity contribution in [2.45, 2.75) is 46.3 Å². The van der Waals surface area contributed by atoms with Gasteiger partial charge in [-0.15, -0.1) is 6.42 Å². The van der Waals surface area contributed by atoms with Crippen LogP contribution in [-0.2, 0) is 13.1 Å². The van der Waals surface area contributed by atoms with E-state index in [1.54, 1.807) is 0 Å². The van der Waals surface area contributed by atoms with E-state index in [1.165, 1.54) is 11.1 Å². The molecule has 0 saturated heterocycles. The number of nitrogens with one attached hydrogen (secondary N) is 1. The number of hydrogen-bond donors (Lipinski definition) is 1. The Hall–Kier alpha value is -1.30. The van der Waals surface area contributed by atoms with Gasteiger partial charge in [-0.3, -0.25) is 4.90 Å². The lowest BCUT2D eigenvalue weighted by atomic mass is 10.1. The van der Waals surface area contributed by atoms with Gasteiger partial charge in [0, 0.05) is 19.1 Å². The summed E-state index contributed by atoms with van der Waals surface area (Å²) >= 11 is 0. The minimum absolute atomic E-state index is 0.515. The maximum absolute atomic E-state index is 5.42. The maximum Gasteiger partial charge on any atom is 0.0601 e. The zero-order valence-electron chi connectivity index (χ0n) is 12.4. The SMILES string of the molecule is C#CCN(CCC)Cc1cccc(CNC(C)C)c1. The van der Waals surface area contributed by atoms with Crippen LogP contribution in [0.15, 0.2) is 24.3 Å². The summed E-state index contributed by atoms with van der Waals surface area (Å²) in [4.78, 5) is 2.31. The molecule has 1 N–H and O–H groups in total. The van der Waals surface area contributed by atoms with Gasteiger partial charge in [0.25, 0.3) is 0 Å². The Morgan fingerprint density at radius 3 is 2.68 bits per heavy atom. The molecule has 1 aromatic carbocycles. The minimum atomic E-state index is 0.515. The Kier molecular flexibility index (Phi) is 7.25. The number of hydrogen-bond acceptors (Lipinski definition) is 2.